The summed E-state index contributed by atoms with van der Waals surface area (Å²) in [5.41, 5.74) is 9.66. The van der Waals surface area contributed by atoms with Crippen molar-refractivity contribution in [1.82, 2.24) is 14.6 Å². The number of nitrogens with zero attached hydrogens (tertiary/aromatic N) is 2. The number of H-pyrrole nitrogens is 1. The van der Waals surface area contributed by atoms with Crippen molar-refractivity contribution < 1.29 is 4.79 Å². The van der Waals surface area contributed by atoms with Crippen molar-refractivity contribution in [3.05, 3.63) is 70.1 Å². The number of aromatic amines is 1. The zero-order valence-electron chi connectivity index (χ0n) is 12.9. The summed E-state index contributed by atoms with van der Waals surface area (Å²) in [6, 6.07) is 14.8. The molecule has 4 rings (SSSR count). The van der Waals surface area contributed by atoms with Crippen molar-refractivity contribution in [2.45, 2.75) is 6.92 Å². The number of hydrogen-bond acceptors (Lipinski definition) is 3. The summed E-state index contributed by atoms with van der Waals surface area (Å²) in [5.74, 6) is -0.470. The minimum Gasteiger partial charge on any atom is -0.366 e. The normalized spacial score (nSPS) is 11.2. The Morgan fingerprint density at radius 1 is 1.12 bits per heavy atom. The molecule has 0 spiro atoms. The third kappa shape index (κ3) is 2.08. The molecule has 0 fully saturated rings. The number of primary amides is 1. The standard InChI is InChI=1S/C18H14N4O2/c1-10-7-16-20-21-18(24)22(16)15-9-12(5-6-14(10)15)11-3-2-4-13(8-11)17(19)23/h2-9H,1H3,(H2,19,23)(H,21,24). The summed E-state index contributed by atoms with van der Waals surface area (Å²) in [5, 5.41) is 7.48. The van der Waals surface area contributed by atoms with Crippen molar-refractivity contribution >= 4 is 22.5 Å². The van der Waals surface area contributed by atoms with Gasteiger partial charge in [0.25, 0.3) is 0 Å². The monoisotopic (exact) mass is 318 g/mol. The van der Waals surface area contributed by atoms with E-state index in [4.69, 9.17) is 5.73 Å². The lowest BCUT2D eigenvalue weighted by atomic mass is 10.00. The Balaban J connectivity index is 2.03. The predicted octanol–water partition coefficient (Wildman–Crippen LogP) is 2.25. The highest BCUT2D eigenvalue weighted by molar-refractivity contribution is 5.95. The number of nitrogens with two attached hydrogens (primary N) is 1. The molecule has 118 valence electrons. The van der Waals surface area contributed by atoms with Crippen molar-refractivity contribution in [3.63, 3.8) is 0 Å². The van der Waals surface area contributed by atoms with Crippen LogP contribution in [0, 0.1) is 6.92 Å². The van der Waals surface area contributed by atoms with Gasteiger partial charge in [-0.15, -0.1) is 0 Å². The van der Waals surface area contributed by atoms with Gasteiger partial charge >= 0.3 is 5.69 Å². The molecule has 0 atom stereocenters. The first-order valence-corrected chi connectivity index (χ1v) is 7.45. The fourth-order valence-electron chi connectivity index (χ4n) is 2.99. The van der Waals surface area contributed by atoms with Gasteiger partial charge in [0.1, 0.15) is 0 Å². The van der Waals surface area contributed by atoms with E-state index in [0.717, 1.165) is 27.6 Å². The van der Waals surface area contributed by atoms with Crippen LogP contribution in [0.15, 0.2) is 53.3 Å². The van der Waals surface area contributed by atoms with Crippen LogP contribution in [0.2, 0.25) is 0 Å². The average molecular weight is 318 g/mol. The molecular formula is C18H14N4O2. The maximum atomic E-state index is 12.1. The quantitative estimate of drug-likeness (QED) is 0.593. The third-order valence-corrected chi connectivity index (χ3v) is 4.19. The first kappa shape index (κ1) is 14.2. The van der Waals surface area contributed by atoms with Crippen LogP contribution in [-0.4, -0.2) is 20.5 Å². The second-order valence-corrected chi connectivity index (χ2v) is 5.73. The van der Waals surface area contributed by atoms with Gasteiger partial charge in [0.05, 0.1) is 5.52 Å². The predicted molar refractivity (Wildman–Crippen MR) is 92.0 cm³/mol. The fraction of sp³-hybridized carbons (Fsp3) is 0.0556. The first-order chi connectivity index (χ1) is 11.5. The van der Waals surface area contributed by atoms with Crippen LogP contribution in [0.3, 0.4) is 0 Å². The van der Waals surface area contributed by atoms with E-state index in [1.165, 1.54) is 0 Å². The summed E-state index contributed by atoms with van der Waals surface area (Å²) in [7, 11) is 0. The Labute approximate surface area is 136 Å². The zero-order valence-corrected chi connectivity index (χ0v) is 12.9. The number of aromatic nitrogens is 3. The molecule has 0 aliphatic carbocycles. The van der Waals surface area contributed by atoms with Gasteiger partial charge in [-0.05, 0) is 47.9 Å². The van der Waals surface area contributed by atoms with Gasteiger partial charge in [-0.1, -0.05) is 24.3 Å². The molecule has 2 aromatic heterocycles. The number of fused-ring (bicyclic) bond motifs is 3. The molecule has 0 unspecified atom stereocenters. The molecule has 0 saturated heterocycles. The van der Waals surface area contributed by atoms with E-state index in [1.54, 1.807) is 22.6 Å². The highest BCUT2D eigenvalue weighted by Crippen LogP contribution is 2.27. The van der Waals surface area contributed by atoms with E-state index in [1.807, 2.05) is 37.3 Å². The van der Waals surface area contributed by atoms with Crippen LogP contribution >= 0.6 is 0 Å². The number of pyridine rings is 1. The minimum atomic E-state index is -0.470. The molecule has 1 amide bonds. The number of amides is 1. The molecule has 3 N–H and O–H groups in total. The lowest BCUT2D eigenvalue weighted by Crippen LogP contribution is -2.11. The fourth-order valence-corrected chi connectivity index (χ4v) is 2.99. The average Bonchev–Trinajstić information content (AvgIpc) is 2.95. The number of benzene rings is 2. The minimum absolute atomic E-state index is 0.280. The topological polar surface area (TPSA) is 93.2 Å². The maximum Gasteiger partial charge on any atom is 0.348 e. The molecule has 0 aliphatic heterocycles. The molecule has 6 nitrogen and oxygen atoms in total. The molecule has 2 aromatic carbocycles. The number of carbonyl (C=O) groups is 1. The molecule has 0 radical (unpaired) electrons. The van der Waals surface area contributed by atoms with Crippen molar-refractivity contribution in [2.24, 2.45) is 5.73 Å². The molecule has 6 heteroatoms. The van der Waals surface area contributed by atoms with Crippen LogP contribution in [0.5, 0.6) is 0 Å². The number of rotatable bonds is 2. The molecule has 4 aromatic rings. The molecule has 2 heterocycles. The number of aryl methyl sites for hydroxylation is 1. The zero-order chi connectivity index (χ0) is 16.8. The Bertz CT molecular complexity index is 1170. The van der Waals surface area contributed by atoms with Gasteiger partial charge in [-0.25, -0.2) is 14.3 Å². The van der Waals surface area contributed by atoms with Crippen LogP contribution in [0.4, 0.5) is 0 Å². The smallest absolute Gasteiger partial charge is 0.348 e. The van der Waals surface area contributed by atoms with E-state index < -0.39 is 5.91 Å². The van der Waals surface area contributed by atoms with Gasteiger partial charge in [0.15, 0.2) is 5.65 Å². The lowest BCUT2D eigenvalue weighted by molar-refractivity contribution is 0.100. The van der Waals surface area contributed by atoms with Crippen molar-refractivity contribution in [1.29, 1.82) is 0 Å². The Morgan fingerprint density at radius 3 is 2.71 bits per heavy atom. The van der Waals surface area contributed by atoms with Crippen LogP contribution < -0.4 is 11.4 Å². The molecule has 24 heavy (non-hydrogen) atoms. The number of carbonyl (C=O) groups excluding carboxylic acids is 1. The van der Waals surface area contributed by atoms with E-state index in [2.05, 4.69) is 10.2 Å². The first-order valence-electron chi connectivity index (χ1n) is 7.45. The molecule has 0 saturated carbocycles. The Kier molecular flexibility index (Phi) is 2.99. The van der Waals surface area contributed by atoms with Gasteiger partial charge in [-0.3, -0.25) is 4.79 Å². The third-order valence-electron chi connectivity index (χ3n) is 4.19. The summed E-state index contributed by atoms with van der Waals surface area (Å²) in [4.78, 5) is 23.5. The van der Waals surface area contributed by atoms with Gasteiger partial charge in [-0.2, -0.15) is 5.10 Å². The van der Waals surface area contributed by atoms with Crippen LogP contribution in [0.1, 0.15) is 15.9 Å². The van der Waals surface area contributed by atoms with Crippen LogP contribution in [-0.2, 0) is 0 Å². The van der Waals surface area contributed by atoms with E-state index in [0.29, 0.717) is 11.2 Å². The Hall–Kier alpha value is -3.41. The van der Waals surface area contributed by atoms with Crippen molar-refractivity contribution in [2.75, 3.05) is 0 Å². The summed E-state index contributed by atoms with van der Waals surface area (Å²) >= 11 is 0. The highest BCUT2D eigenvalue weighted by atomic mass is 16.1. The second-order valence-electron chi connectivity index (χ2n) is 5.73. The second kappa shape index (κ2) is 5.06. The summed E-state index contributed by atoms with van der Waals surface area (Å²) in [6.07, 6.45) is 0. The summed E-state index contributed by atoms with van der Waals surface area (Å²) in [6.45, 7) is 1.98. The van der Waals surface area contributed by atoms with Crippen molar-refractivity contribution in [3.8, 4) is 11.1 Å². The highest BCUT2D eigenvalue weighted by Gasteiger charge is 2.10. The maximum absolute atomic E-state index is 12.1. The van der Waals surface area contributed by atoms with Gasteiger partial charge < -0.3 is 5.73 Å². The summed E-state index contributed by atoms with van der Waals surface area (Å²) < 4.78 is 1.55. The van der Waals surface area contributed by atoms with Gasteiger partial charge in [0, 0.05) is 10.9 Å². The van der Waals surface area contributed by atoms with Crippen LogP contribution in [0.25, 0.3) is 27.7 Å². The van der Waals surface area contributed by atoms with E-state index in [9.17, 15) is 9.59 Å². The lowest BCUT2D eigenvalue weighted by Gasteiger charge is -2.08. The Morgan fingerprint density at radius 2 is 1.92 bits per heavy atom. The molecule has 0 bridgehead atoms. The number of hydrogen-bond donors (Lipinski definition) is 2. The largest absolute Gasteiger partial charge is 0.366 e. The SMILES string of the molecule is Cc1cc2n[nH]c(=O)n2c2cc(-c3cccc(C(N)=O)c3)ccc12. The number of nitrogens with one attached hydrogen (secondary N) is 1. The van der Waals surface area contributed by atoms with Gasteiger partial charge in [0.2, 0.25) is 5.91 Å². The van der Waals surface area contributed by atoms with E-state index >= 15 is 0 Å². The van der Waals surface area contributed by atoms with E-state index in [-0.39, 0.29) is 5.69 Å². The molecular weight excluding hydrogens is 304 g/mol. The molecule has 0 aliphatic rings.